The largest absolute Gasteiger partial charge is 0.352 e. The average molecular weight is 269 g/mol. The fourth-order valence-electron chi connectivity index (χ4n) is 2.11. The molecule has 3 rings (SSSR count). The molecule has 2 N–H and O–H groups in total. The highest BCUT2D eigenvalue weighted by Crippen LogP contribution is 2.29. The number of aromatic nitrogens is 2. The van der Waals surface area contributed by atoms with Gasteiger partial charge in [-0.15, -0.1) is 0 Å². The number of para-hydroxylation sites is 1. The molecule has 20 heavy (non-hydrogen) atoms. The van der Waals surface area contributed by atoms with Gasteiger partial charge in [-0.3, -0.25) is 4.79 Å². The van der Waals surface area contributed by atoms with Gasteiger partial charge in [0, 0.05) is 11.3 Å². The third-order valence-corrected chi connectivity index (χ3v) is 3.08. The predicted molar refractivity (Wildman–Crippen MR) is 75.8 cm³/mol. The molecule has 0 radical (unpaired) electrons. The lowest BCUT2D eigenvalue weighted by Gasteiger charge is -2.12. The minimum Gasteiger partial charge on any atom is -0.352 e. The van der Waals surface area contributed by atoms with Crippen molar-refractivity contribution < 1.29 is 9.18 Å². The zero-order valence-electron chi connectivity index (χ0n) is 10.8. The molecule has 2 aromatic carbocycles. The number of imidazole rings is 1. The molecule has 0 aliphatic rings. The second-order valence-corrected chi connectivity index (χ2v) is 4.46. The number of nitrogens with zero attached hydrogens (tertiary/aromatic N) is 1. The Kier molecular flexibility index (Phi) is 2.95. The summed E-state index contributed by atoms with van der Waals surface area (Å²) in [5, 5.41) is 2.95. The number of H-pyrrole nitrogens is 1. The number of halogens is 1. The summed E-state index contributed by atoms with van der Waals surface area (Å²) in [6.07, 6.45) is 1.41. The highest BCUT2D eigenvalue weighted by Gasteiger charge is 2.18. The smallest absolute Gasteiger partial charge is 0.175 e. The normalized spacial score (nSPS) is 10.7. The minimum atomic E-state index is -0.530. The number of carbonyl (C=O) groups excluding carboxylic acids is 1. The van der Waals surface area contributed by atoms with Gasteiger partial charge in [0.05, 0.1) is 17.5 Å². The van der Waals surface area contributed by atoms with E-state index in [0.29, 0.717) is 16.8 Å². The lowest BCUT2D eigenvalue weighted by Crippen LogP contribution is -2.04. The Bertz CT molecular complexity index is 780. The molecule has 1 heterocycles. The van der Waals surface area contributed by atoms with Crippen LogP contribution in [0.1, 0.15) is 17.3 Å². The van der Waals surface area contributed by atoms with E-state index >= 15 is 0 Å². The second-order valence-electron chi connectivity index (χ2n) is 4.46. The first-order chi connectivity index (χ1) is 9.66. The SMILES string of the molecule is CC(=O)c1cc2[nH]cnc2c(F)c1Nc1ccccc1. The Hall–Kier alpha value is -2.69. The van der Waals surface area contributed by atoms with Gasteiger partial charge in [-0.25, -0.2) is 9.37 Å². The Labute approximate surface area is 114 Å². The molecule has 0 saturated heterocycles. The van der Waals surface area contributed by atoms with Gasteiger partial charge in [0.25, 0.3) is 0 Å². The van der Waals surface area contributed by atoms with Gasteiger partial charge in [0.2, 0.25) is 0 Å². The number of carbonyl (C=O) groups is 1. The van der Waals surface area contributed by atoms with Gasteiger partial charge in [-0.1, -0.05) is 18.2 Å². The van der Waals surface area contributed by atoms with Crippen LogP contribution in [-0.2, 0) is 0 Å². The van der Waals surface area contributed by atoms with Crippen LogP contribution >= 0.6 is 0 Å². The Morgan fingerprint density at radius 3 is 2.75 bits per heavy atom. The number of nitrogens with one attached hydrogen (secondary N) is 2. The van der Waals surface area contributed by atoms with Gasteiger partial charge in [0.1, 0.15) is 5.52 Å². The van der Waals surface area contributed by atoms with E-state index in [1.807, 2.05) is 18.2 Å². The van der Waals surface area contributed by atoms with Gasteiger partial charge in [0.15, 0.2) is 11.6 Å². The molecule has 0 aliphatic heterocycles. The van der Waals surface area contributed by atoms with E-state index < -0.39 is 5.82 Å². The van der Waals surface area contributed by atoms with Crippen molar-refractivity contribution in [2.45, 2.75) is 6.92 Å². The van der Waals surface area contributed by atoms with Crippen LogP contribution in [0.4, 0.5) is 15.8 Å². The van der Waals surface area contributed by atoms with E-state index in [4.69, 9.17) is 0 Å². The summed E-state index contributed by atoms with van der Waals surface area (Å²) in [6.45, 7) is 1.41. The lowest BCUT2D eigenvalue weighted by molar-refractivity contribution is 0.101. The van der Waals surface area contributed by atoms with E-state index in [-0.39, 0.29) is 17.0 Å². The van der Waals surface area contributed by atoms with Crippen molar-refractivity contribution in [2.75, 3.05) is 5.32 Å². The molecule has 1 aromatic heterocycles. The second kappa shape index (κ2) is 4.77. The van der Waals surface area contributed by atoms with Crippen molar-refractivity contribution >= 4 is 28.2 Å². The minimum absolute atomic E-state index is 0.156. The maximum Gasteiger partial charge on any atom is 0.175 e. The number of hydrogen-bond donors (Lipinski definition) is 2. The quantitative estimate of drug-likeness (QED) is 0.713. The van der Waals surface area contributed by atoms with E-state index in [9.17, 15) is 9.18 Å². The number of benzene rings is 2. The van der Waals surface area contributed by atoms with Crippen LogP contribution in [0.3, 0.4) is 0 Å². The molecule has 0 unspecified atom stereocenters. The molecule has 5 heteroatoms. The first-order valence-corrected chi connectivity index (χ1v) is 6.15. The van der Waals surface area contributed by atoms with Gasteiger partial charge in [-0.05, 0) is 25.1 Å². The van der Waals surface area contributed by atoms with E-state index in [1.54, 1.807) is 18.2 Å². The van der Waals surface area contributed by atoms with Gasteiger partial charge in [-0.2, -0.15) is 0 Å². The molecule has 3 aromatic rings. The van der Waals surface area contributed by atoms with Crippen LogP contribution in [0.2, 0.25) is 0 Å². The van der Waals surface area contributed by atoms with Crippen molar-refractivity contribution in [3.05, 3.63) is 54.1 Å². The first kappa shape index (κ1) is 12.3. The molecule has 0 atom stereocenters. The summed E-state index contributed by atoms with van der Waals surface area (Å²) in [5.41, 5.74) is 1.88. The molecule has 0 spiro atoms. The summed E-state index contributed by atoms with van der Waals surface area (Å²) in [5.74, 6) is -0.739. The monoisotopic (exact) mass is 269 g/mol. The molecular weight excluding hydrogens is 257 g/mol. The highest BCUT2D eigenvalue weighted by atomic mass is 19.1. The van der Waals surface area contributed by atoms with Crippen LogP contribution in [-0.4, -0.2) is 15.8 Å². The van der Waals surface area contributed by atoms with Crippen LogP contribution < -0.4 is 5.32 Å². The van der Waals surface area contributed by atoms with Gasteiger partial charge >= 0.3 is 0 Å². The van der Waals surface area contributed by atoms with E-state index in [1.165, 1.54) is 13.3 Å². The molecule has 0 bridgehead atoms. The summed E-state index contributed by atoms with van der Waals surface area (Å²) in [4.78, 5) is 18.5. The van der Waals surface area contributed by atoms with Crippen LogP contribution in [0.5, 0.6) is 0 Å². The van der Waals surface area contributed by atoms with E-state index in [2.05, 4.69) is 15.3 Å². The summed E-state index contributed by atoms with van der Waals surface area (Å²) in [6, 6.07) is 10.8. The number of ketones is 1. The van der Waals surface area contributed by atoms with Crippen molar-refractivity contribution in [2.24, 2.45) is 0 Å². The van der Waals surface area contributed by atoms with Crippen molar-refractivity contribution in [3.8, 4) is 0 Å². The fraction of sp³-hybridized carbons (Fsp3) is 0.0667. The topological polar surface area (TPSA) is 57.8 Å². The number of rotatable bonds is 3. The maximum atomic E-state index is 14.5. The molecular formula is C15H12FN3O. The van der Waals surface area contributed by atoms with Crippen molar-refractivity contribution in [1.82, 2.24) is 9.97 Å². The summed E-state index contributed by atoms with van der Waals surface area (Å²) >= 11 is 0. The molecule has 0 saturated carbocycles. The first-order valence-electron chi connectivity index (χ1n) is 6.15. The standard InChI is InChI=1S/C15H12FN3O/c1-9(20)11-7-12-15(18-8-17-12)13(16)14(11)19-10-5-3-2-4-6-10/h2-8,19H,1H3,(H,17,18). The zero-order chi connectivity index (χ0) is 14.1. The summed E-state index contributed by atoms with van der Waals surface area (Å²) in [7, 11) is 0. The Balaban J connectivity index is 2.19. The fourth-order valence-corrected chi connectivity index (χ4v) is 2.11. The molecule has 0 amide bonds. The van der Waals surface area contributed by atoms with Crippen molar-refractivity contribution in [1.29, 1.82) is 0 Å². The predicted octanol–water partition coefficient (Wildman–Crippen LogP) is 3.65. The van der Waals surface area contributed by atoms with Crippen LogP contribution in [0.25, 0.3) is 11.0 Å². The number of Topliss-reactive ketones (excluding diaryl/α,β-unsaturated/α-hetero) is 1. The molecule has 0 aliphatic carbocycles. The van der Waals surface area contributed by atoms with E-state index in [0.717, 1.165) is 0 Å². The summed E-state index contributed by atoms with van der Waals surface area (Å²) < 4.78 is 14.5. The Morgan fingerprint density at radius 2 is 2.05 bits per heavy atom. The van der Waals surface area contributed by atoms with Gasteiger partial charge < -0.3 is 10.3 Å². The number of anilines is 2. The number of fused-ring (bicyclic) bond motifs is 1. The molecule has 100 valence electrons. The van der Waals surface area contributed by atoms with Crippen LogP contribution in [0, 0.1) is 5.82 Å². The zero-order valence-corrected chi connectivity index (χ0v) is 10.8. The average Bonchev–Trinajstić information content (AvgIpc) is 2.91. The molecule has 4 nitrogen and oxygen atoms in total. The highest BCUT2D eigenvalue weighted by molar-refractivity contribution is 6.04. The lowest BCUT2D eigenvalue weighted by atomic mass is 10.1. The third kappa shape index (κ3) is 2.03. The number of aromatic amines is 1. The Morgan fingerprint density at radius 1 is 1.30 bits per heavy atom. The van der Waals surface area contributed by atoms with Crippen molar-refractivity contribution in [3.63, 3.8) is 0 Å². The maximum absolute atomic E-state index is 14.5. The van der Waals surface area contributed by atoms with Crippen LogP contribution in [0.15, 0.2) is 42.7 Å². The molecule has 0 fully saturated rings. The third-order valence-electron chi connectivity index (χ3n) is 3.08. The number of hydrogen-bond acceptors (Lipinski definition) is 3.